The molecule has 0 aromatic rings. The average molecular weight is 268 g/mol. The number of ether oxygens (including phenoxy) is 1. The summed E-state index contributed by atoms with van der Waals surface area (Å²) in [7, 11) is 0. The minimum absolute atomic E-state index is 0.181. The van der Waals surface area contributed by atoms with Gasteiger partial charge in [0.15, 0.2) is 0 Å². The Balaban J connectivity index is 2.23. The molecule has 110 valence electrons. The number of carbonyl (C=O) groups is 1. The molecule has 1 fully saturated rings. The van der Waals surface area contributed by atoms with E-state index in [9.17, 15) is 4.79 Å². The second-order valence-electron chi connectivity index (χ2n) is 6.05. The lowest BCUT2D eigenvalue weighted by Gasteiger charge is -2.33. The van der Waals surface area contributed by atoms with Crippen LogP contribution in [-0.2, 0) is 4.74 Å². The summed E-state index contributed by atoms with van der Waals surface area (Å²) in [6.07, 6.45) is 7.16. The maximum Gasteiger partial charge on any atom is 0.410 e. The molecule has 19 heavy (non-hydrogen) atoms. The van der Waals surface area contributed by atoms with Crippen molar-refractivity contribution in [2.75, 3.05) is 19.6 Å². The lowest BCUT2D eigenvalue weighted by Crippen LogP contribution is -2.46. The van der Waals surface area contributed by atoms with Crippen molar-refractivity contribution in [2.24, 2.45) is 0 Å². The summed E-state index contributed by atoms with van der Waals surface area (Å²) in [5, 5.41) is 3.53. The van der Waals surface area contributed by atoms with Gasteiger partial charge in [-0.15, -0.1) is 0 Å². The molecule has 1 heterocycles. The fourth-order valence-electron chi connectivity index (χ4n) is 2.13. The number of nitrogens with one attached hydrogen (secondary N) is 1. The summed E-state index contributed by atoms with van der Waals surface area (Å²) in [5.41, 5.74) is -0.404. The lowest BCUT2D eigenvalue weighted by molar-refractivity contribution is 0.0198. The van der Waals surface area contributed by atoms with Crippen LogP contribution in [0.5, 0.6) is 0 Å². The first-order valence-electron chi connectivity index (χ1n) is 7.25. The Morgan fingerprint density at radius 3 is 2.53 bits per heavy atom. The molecule has 0 saturated carbocycles. The minimum atomic E-state index is -0.404. The van der Waals surface area contributed by atoms with Gasteiger partial charge in [0.25, 0.3) is 0 Å². The fourth-order valence-corrected chi connectivity index (χ4v) is 2.13. The molecule has 1 saturated heterocycles. The fraction of sp³-hybridized carbons (Fsp3) is 0.800. The number of carbonyl (C=O) groups excluding carboxylic acids is 1. The number of hydrogen-bond acceptors (Lipinski definition) is 3. The Morgan fingerprint density at radius 2 is 2.00 bits per heavy atom. The van der Waals surface area contributed by atoms with E-state index >= 15 is 0 Å². The molecule has 4 nitrogen and oxygen atoms in total. The van der Waals surface area contributed by atoms with Crippen LogP contribution >= 0.6 is 0 Å². The number of amides is 1. The number of nitrogens with zero attached hydrogens (tertiary/aromatic N) is 1. The first-order chi connectivity index (χ1) is 8.92. The molecule has 0 atom stereocenters. The van der Waals surface area contributed by atoms with Gasteiger partial charge in [-0.25, -0.2) is 4.79 Å². The summed E-state index contributed by atoms with van der Waals surface area (Å²) in [6.45, 7) is 10.3. The molecule has 1 aliphatic heterocycles. The highest BCUT2D eigenvalue weighted by atomic mass is 16.6. The Bertz CT molecular complexity index is 300. The third-order valence-corrected chi connectivity index (χ3v) is 3.13. The van der Waals surface area contributed by atoms with Gasteiger partial charge in [-0.2, -0.15) is 0 Å². The number of rotatable bonds is 4. The zero-order valence-electron chi connectivity index (χ0n) is 12.7. The van der Waals surface area contributed by atoms with Gasteiger partial charge in [0.05, 0.1) is 0 Å². The Morgan fingerprint density at radius 1 is 1.37 bits per heavy atom. The lowest BCUT2D eigenvalue weighted by atomic mass is 10.1. The highest BCUT2D eigenvalue weighted by molar-refractivity contribution is 5.68. The maximum atomic E-state index is 11.9. The van der Waals surface area contributed by atoms with Gasteiger partial charge in [0.2, 0.25) is 0 Å². The Kier molecular flexibility index (Phi) is 6.35. The van der Waals surface area contributed by atoms with Crippen LogP contribution < -0.4 is 5.32 Å². The predicted octanol–water partition coefficient (Wildman–Crippen LogP) is 2.94. The first kappa shape index (κ1) is 16.0. The molecular weight excluding hydrogens is 240 g/mol. The van der Waals surface area contributed by atoms with Crippen LogP contribution in [-0.4, -0.2) is 42.3 Å². The standard InChI is InChI=1S/C15H28N2O2/c1-5-6-7-10-16-13-8-11-17(12-9-13)14(18)19-15(2,3)4/h5-6,13,16H,7-12H2,1-4H3/b6-5+. The summed E-state index contributed by atoms with van der Waals surface area (Å²) in [4.78, 5) is 13.7. The summed E-state index contributed by atoms with van der Waals surface area (Å²) in [6, 6.07) is 0.531. The van der Waals surface area contributed by atoms with E-state index < -0.39 is 5.60 Å². The van der Waals surface area contributed by atoms with Crippen LogP contribution in [0, 0.1) is 0 Å². The number of allylic oxidation sites excluding steroid dienone is 1. The minimum Gasteiger partial charge on any atom is -0.444 e. The smallest absolute Gasteiger partial charge is 0.410 e. The van der Waals surface area contributed by atoms with E-state index in [1.54, 1.807) is 0 Å². The highest BCUT2D eigenvalue weighted by Crippen LogP contribution is 2.15. The van der Waals surface area contributed by atoms with E-state index in [4.69, 9.17) is 4.74 Å². The van der Waals surface area contributed by atoms with Crippen LogP contribution in [0.4, 0.5) is 4.79 Å². The van der Waals surface area contributed by atoms with Gasteiger partial charge in [-0.3, -0.25) is 0 Å². The summed E-state index contributed by atoms with van der Waals surface area (Å²) >= 11 is 0. The zero-order chi connectivity index (χ0) is 14.3. The third-order valence-electron chi connectivity index (χ3n) is 3.13. The normalized spacial score (nSPS) is 18.0. The Hall–Kier alpha value is -1.03. The van der Waals surface area contributed by atoms with E-state index in [0.717, 1.165) is 38.9 Å². The second kappa shape index (κ2) is 7.53. The molecule has 0 radical (unpaired) electrons. The second-order valence-corrected chi connectivity index (χ2v) is 6.05. The van der Waals surface area contributed by atoms with E-state index in [-0.39, 0.29) is 6.09 Å². The summed E-state index contributed by atoms with van der Waals surface area (Å²) in [5.74, 6) is 0. The SMILES string of the molecule is C/C=C/CCNC1CCN(C(=O)OC(C)(C)C)CC1. The van der Waals surface area contributed by atoms with Crippen LogP contribution in [0.15, 0.2) is 12.2 Å². The van der Waals surface area contributed by atoms with Crippen molar-refractivity contribution in [3.63, 3.8) is 0 Å². The van der Waals surface area contributed by atoms with Crippen molar-refractivity contribution < 1.29 is 9.53 Å². The number of piperidine rings is 1. The molecule has 1 aliphatic rings. The topological polar surface area (TPSA) is 41.6 Å². The van der Waals surface area contributed by atoms with E-state index in [1.165, 1.54) is 0 Å². The van der Waals surface area contributed by atoms with Crippen LogP contribution in [0.2, 0.25) is 0 Å². The molecule has 0 unspecified atom stereocenters. The van der Waals surface area contributed by atoms with E-state index in [0.29, 0.717) is 6.04 Å². The highest BCUT2D eigenvalue weighted by Gasteiger charge is 2.26. The van der Waals surface area contributed by atoms with E-state index in [2.05, 4.69) is 17.5 Å². The van der Waals surface area contributed by atoms with Crippen LogP contribution in [0.3, 0.4) is 0 Å². The molecule has 1 amide bonds. The zero-order valence-corrected chi connectivity index (χ0v) is 12.7. The largest absolute Gasteiger partial charge is 0.444 e. The van der Waals surface area contributed by atoms with Gasteiger partial charge >= 0.3 is 6.09 Å². The molecule has 0 bridgehead atoms. The van der Waals surface area contributed by atoms with Crippen molar-refractivity contribution in [1.29, 1.82) is 0 Å². The maximum absolute atomic E-state index is 11.9. The number of likely N-dealkylation sites (tertiary alicyclic amines) is 1. The van der Waals surface area contributed by atoms with Crippen LogP contribution in [0.25, 0.3) is 0 Å². The summed E-state index contributed by atoms with van der Waals surface area (Å²) < 4.78 is 5.38. The molecule has 0 aromatic carbocycles. The number of hydrogen-bond donors (Lipinski definition) is 1. The monoisotopic (exact) mass is 268 g/mol. The third kappa shape index (κ3) is 6.62. The molecular formula is C15H28N2O2. The first-order valence-corrected chi connectivity index (χ1v) is 7.25. The molecule has 1 N–H and O–H groups in total. The predicted molar refractivity (Wildman–Crippen MR) is 78.3 cm³/mol. The van der Waals surface area contributed by atoms with Gasteiger partial charge in [0.1, 0.15) is 5.60 Å². The molecule has 0 aromatic heterocycles. The van der Waals surface area contributed by atoms with Crippen molar-refractivity contribution >= 4 is 6.09 Å². The molecule has 0 spiro atoms. The van der Waals surface area contributed by atoms with E-state index in [1.807, 2.05) is 32.6 Å². The van der Waals surface area contributed by atoms with Gasteiger partial charge < -0.3 is 15.0 Å². The van der Waals surface area contributed by atoms with Gasteiger partial charge in [-0.1, -0.05) is 12.2 Å². The van der Waals surface area contributed by atoms with Crippen molar-refractivity contribution in [2.45, 2.75) is 58.6 Å². The molecule has 0 aliphatic carbocycles. The average Bonchev–Trinajstić information content (AvgIpc) is 2.33. The van der Waals surface area contributed by atoms with Crippen molar-refractivity contribution in [1.82, 2.24) is 10.2 Å². The quantitative estimate of drug-likeness (QED) is 0.629. The van der Waals surface area contributed by atoms with Gasteiger partial charge in [0, 0.05) is 19.1 Å². The molecule has 4 heteroatoms. The molecule has 1 rings (SSSR count). The van der Waals surface area contributed by atoms with Crippen LogP contribution in [0.1, 0.15) is 47.0 Å². The van der Waals surface area contributed by atoms with Gasteiger partial charge in [-0.05, 0) is 53.5 Å². The van der Waals surface area contributed by atoms with Crippen molar-refractivity contribution in [3.05, 3.63) is 12.2 Å². The Labute approximate surface area is 117 Å². The van der Waals surface area contributed by atoms with Crippen molar-refractivity contribution in [3.8, 4) is 0 Å².